The standard InChI is InChI=1S/C33H35BrN4O5.ClH/c1-2-18-37-23-26(22-27(34)24-37)31(39)38(28-13-4-3-5-14-28)19-21-43-32(40)35-17-8-9-20-42-33(41)36-30-16-10-12-25-11-6-7-15-29(25)30;/h3-7,10-16,22-24H,2,8-9,17-21H2,1H3,(H-,35,36,40,41);1H. The molecule has 4 aromatic rings. The molecule has 4 rings (SSSR count). The molecule has 0 aliphatic carbocycles. The van der Waals surface area contributed by atoms with E-state index in [9.17, 15) is 14.4 Å². The zero-order valence-electron chi connectivity index (χ0n) is 24.5. The summed E-state index contributed by atoms with van der Waals surface area (Å²) in [5.41, 5.74) is 1.93. The van der Waals surface area contributed by atoms with Crippen LogP contribution >= 0.6 is 15.9 Å². The number of nitrogens with one attached hydrogen (secondary N) is 2. The Morgan fingerprint density at radius 2 is 1.59 bits per heavy atom. The molecule has 0 radical (unpaired) electrons. The number of halogens is 2. The number of ether oxygens (including phenoxy) is 2. The van der Waals surface area contributed by atoms with Crippen LogP contribution in [0.5, 0.6) is 0 Å². The first-order valence-electron chi connectivity index (χ1n) is 14.3. The zero-order valence-corrected chi connectivity index (χ0v) is 26.9. The van der Waals surface area contributed by atoms with Crippen LogP contribution in [0.25, 0.3) is 10.8 Å². The van der Waals surface area contributed by atoms with Crippen LogP contribution in [-0.4, -0.2) is 44.4 Å². The second-order valence-corrected chi connectivity index (χ2v) is 10.7. The number of unbranched alkanes of at least 4 members (excludes halogenated alkanes) is 1. The molecule has 3 amide bonds. The van der Waals surface area contributed by atoms with Gasteiger partial charge in [-0.2, -0.15) is 0 Å². The van der Waals surface area contributed by atoms with Crippen LogP contribution in [0.2, 0.25) is 0 Å². The maximum Gasteiger partial charge on any atom is 0.411 e. The van der Waals surface area contributed by atoms with Crippen molar-refractivity contribution in [2.45, 2.75) is 32.7 Å². The van der Waals surface area contributed by atoms with Crippen LogP contribution in [0.1, 0.15) is 36.5 Å². The molecule has 0 saturated carbocycles. The normalized spacial score (nSPS) is 10.4. The van der Waals surface area contributed by atoms with Crippen LogP contribution in [0.4, 0.5) is 21.0 Å². The molecule has 0 fully saturated rings. The maximum atomic E-state index is 13.5. The second kappa shape index (κ2) is 17.8. The van der Waals surface area contributed by atoms with Gasteiger partial charge in [-0.3, -0.25) is 10.1 Å². The molecule has 0 saturated heterocycles. The van der Waals surface area contributed by atoms with Gasteiger partial charge in [0.2, 0.25) is 0 Å². The highest BCUT2D eigenvalue weighted by atomic mass is 79.9. The maximum absolute atomic E-state index is 13.5. The molecule has 0 atom stereocenters. The van der Waals surface area contributed by atoms with Crippen LogP contribution in [0.15, 0.2) is 95.7 Å². The second-order valence-electron chi connectivity index (χ2n) is 9.83. The van der Waals surface area contributed by atoms with Crippen molar-refractivity contribution in [3.05, 3.63) is 101 Å². The first-order chi connectivity index (χ1) is 20.9. The molecule has 9 nitrogen and oxygen atoms in total. The van der Waals surface area contributed by atoms with E-state index in [1.54, 1.807) is 11.0 Å². The number of rotatable bonds is 13. The van der Waals surface area contributed by atoms with Crippen LogP contribution < -0.4 is 32.5 Å². The van der Waals surface area contributed by atoms with Crippen molar-refractivity contribution in [3.8, 4) is 0 Å². The number of carbonyl (C=O) groups excluding carboxylic acids is 3. The Kier molecular flexibility index (Phi) is 13.9. The predicted molar refractivity (Wildman–Crippen MR) is 170 cm³/mol. The molecule has 1 heterocycles. The number of para-hydroxylation sites is 1. The summed E-state index contributed by atoms with van der Waals surface area (Å²) in [7, 11) is 0. The Morgan fingerprint density at radius 3 is 2.39 bits per heavy atom. The number of benzene rings is 3. The lowest BCUT2D eigenvalue weighted by Gasteiger charge is -2.22. The van der Waals surface area contributed by atoms with Crippen LogP contribution in [0.3, 0.4) is 0 Å². The summed E-state index contributed by atoms with van der Waals surface area (Å²) in [6.07, 6.45) is 4.79. The molecule has 0 spiro atoms. The summed E-state index contributed by atoms with van der Waals surface area (Å²) in [5.74, 6) is -0.189. The van der Waals surface area contributed by atoms with Gasteiger partial charge in [0.25, 0.3) is 5.91 Å². The van der Waals surface area contributed by atoms with Gasteiger partial charge < -0.3 is 32.1 Å². The van der Waals surface area contributed by atoms with Crippen molar-refractivity contribution in [1.82, 2.24) is 5.32 Å². The monoisotopic (exact) mass is 682 g/mol. The quantitative estimate of drug-likeness (QED) is 0.165. The third-order valence-corrected chi connectivity index (χ3v) is 7.01. The first-order valence-corrected chi connectivity index (χ1v) is 15.1. The lowest BCUT2D eigenvalue weighted by molar-refractivity contribution is -0.697. The van der Waals surface area contributed by atoms with Crippen molar-refractivity contribution in [3.63, 3.8) is 0 Å². The molecule has 11 heteroatoms. The minimum Gasteiger partial charge on any atom is -1.00 e. The van der Waals surface area contributed by atoms with E-state index in [0.717, 1.165) is 28.2 Å². The van der Waals surface area contributed by atoms with Crippen molar-refractivity contribution in [2.24, 2.45) is 0 Å². The van der Waals surface area contributed by atoms with Crippen LogP contribution in [-0.2, 0) is 16.0 Å². The predicted octanol–water partition coefficient (Wildman–Crippen LogP) is 3.71. The molecule has 0 aliphatic rings. The number of pyridine rings is 1. The van der Waals surface area contributed by atoms with Crippen molar-refractivity contribution >= 4 is 56.2 Å². The minimum atomic E-state index is -0.571. The highest BCUT2D eigenvalue weighted by Crippen LogP contribution is 2.23. The zero-order chi connectivity index (χ0) is 30.4. The summed E-state index contributed by atoms with van der Waals surface area (Å²) in [6, 6.07) is 24.6. The van der Waals surface area contributed by atoms with E-state index in [1.807, 2.05) is 89.8 Å². The Balaban J connectivity index is 0.00000529. The number of aryl methyl sites for hydroxylation is 1. The Labute approximate surface area is 272 Å². The molecular formula is C33H36BrClN4O5. The van der Waals surface area contributed by atoms with Gasteiger partial charge in [-0.1, -0.05) is 61.5 Å². The van der Waals surface area contributed by atoms with E-state index in [1.165, 1.54) is 0 Å². The fraction of sp³-hybridized carbons (Fsp3) is 0.273. The molecule has 0 aliphatic heterocycles. The average Bonchev–Trinajstić information content (AvgIpc) is 3.01. The fourth-order valence-corrected chi connectivity index (χ4v) is 5.07. The molecular weight excluding hydrogens is 648 g/mol. The first kappa shape index (κ1) is 34.3. The number of nitrogens with zero attached hydrogens (tertiary/aromatic N) is 2. The van der Waals surface area contributed by atoms with Gasteiger partial charge >= 0.3 is 12.2 Å². The largest absolute Gasteiger partial charge is 1.00 e. The van der Waals surface area contributed by atoms with Crippen molar-refractivity contribution in [1.29, 1.82) is 0 Å². The van der Waals surface area contributed by atoms with Crippen molar-refractivity contribution < 1.29 is 40.8 Å². The van der Waals surface area contributed by atoms with E-state index >= 15 is 0 Å². The van der Waals surface area contributed by atoms with E-state index in [-0.39, 0.29) is 38.1 Å². The average molecular weight is 684 g/mol. The Hall–Kier alpha value is -4.15. The lowest BCUT2D eigenvalue weighted by Crippen LogP contribution is -3.00. The molecule has 0 unspecified atom stereocenters. The molecule has 2 N–H and O–H groups in total. The lowest BCUT2D eigenvalue weighted by atomic mass is 10.1. The summed E-state index contributed by atoms with van der Waals surface area (Å²) in [5, 5.41) is 7.46. The molecule has 232 valence electrons. The number of carbonyl (C=O) groups is 3. The number of hydrogen-bond donors (Lipinski definition) is 2. The highest BCUT2D eigenvalue weighted by molar-refractivity contribution is 9.10. The van der Waals surface area contributed by atoms with E-state index in [0.29, 0.717) is 36.3 Å². The van der Waals surface area contributed by atoms with E-state index < -0.39 is 12.2 Å². The van der Waals surface area contributed by atoms with Gasteiger partial charge in [-0.15, -0.1) is 0 Å². The van der Waals surface area contributed by atoms with Gasteiger partial charge in [0.05, 0.1) is 23.3 Å². The Morgan fingerprint density at radius 1 is 0.864 bits per heavy atom. The van der Waals surface area contributed by atoms with Gasteiger partial charge in [0, 0.05) is 24.0 Å². The van der Waals surface area contributed by atoms with Gasteiger partial charge in [0.1, 0.15) is 18.7 Å². The number of anilines is 2. The molecule has 1 aromatic heterocycles. The molecule has 3 aromatic carbocycles. The number of aromatic nitrogens is 1. The molecule has 44 heavy (non-hydrogen) atoms. The third-order valence-electron chi connectivity index (χ3n) is 6.58. The number of amides is 3. The van der Waals surface area contributed by atoms with Crippen molar-refractivity contribution in [2.75, 3.05) is 36.5 Å². The number of alkyl carbamates (subject to hydrolysis) is 1. The van der Waals surface area contributed by atoms with Gasteiger partial charge in [0.15, 0.2) is 12.4 Å². The van der Waals surface area contributed by atoms with Gasteiger partial charge in [-0.05, 0) is 58.4 Å². The minimum absolute atomic E-state index is 0. The summed E-state index contributed by atoms with van der Waals surface area (Å²) < 4.78 is 13.4. The van der Waals surface area contributed by atoms with E-state index in [2.05, 4.69) is 33.5 Å². The fourth-order valence-electron chi connectivity index (χ4n) is 4.56. The topological polar surface area (TPSA) is 101 Å². The van der Waals surface area contributed by atoms with Crippen LogP contribution in [0, 0.1) is 0 Å². The van der Waals surface area contributed by atoms with E-state index in [4.69, 9.17) is 9.47 Å². The SMILES string of the molecule is CCC[n+]1cc(Br)cc(C(=O)N(CCOC(=O)NCCCCOC(=O)Nc2cccc3ccccc23)c2ccccc2)c1.[Cl-]. The smallest absolute Gasteiger partial charge is 0.411 e. The van der Waals surface area contributed by atoms with Gasteiger partial charge in [-0.25, -0.2) is 14.2 Å². The summed E-state index contributed by atoms with van der Waals surface area (Å²) in [4.78, 5) is 39.6. The highest BCUT2D eigenvalue weighted by Gasteiger charge is 2.21. The number of hydrogen-bond acceptors (Lipinski definition) is 5. The third kappa shape index (κ3) is 10.2. The number of fused-ring (bicyclic) bond motifs is 1. The summed E-state index contributed by atoms with van der Waals surface area (Å²) in [6.45, 7) is 3.66. The Bertz CT molecular complexity index is 1530. The molecule has 0 bridgehead atoms. The summed E-state index contributed by atoms with van der Waals surface area (Å²) >= 11 is 3.50.